The van der Waals surface area contributed by atoms with Crippen molar-refractivity contribution in [2.45, 2.75) is 51.0 Å². The first-order valence-corrected chi connectivity index (χ1v) is 7.56. The van der Waals surface area contributed by atoms with Gasteiger partial charge >= 0.3 is 0 Å². The van der Waals surface area contributed by atoms with Crippen LogP contribution in [0.2, 0.25) is 0 Å². The molecule has 0 heterocycles. The van der Waals surface area contributed by atoms with Gasteiger partial charge in [-0.05, 0) is 49.0 Å². The summed E-state index contributed by atoms with van der Waals surface area (Å²) in [6.07, 6.45) is 9.15. The Morgan fingerprint density at radius 1 is 1.11 bits per heavy atom. The van der Waals surface area contributed by atoms with Gasteiger partial charge in [-0.15, -0.1) is 0 Å². The number of rotatable bonds is 5. The molecule has 2 aliphatic rings. The minimum atomic E-state index is -0.259. The van der Waals surface area contributed by atoms with E-state index in [1.54, 1.807) is 0 Å². The first-order valence-electron chi connectivity index (χ1n) is 7.56. The predicted molar refractivity (Wildman–Crippen MR) is 74.2 cm³/mol. The van der Waals surface area contributed by atoms with Crippen LogP contribution in [-0.4, -0.2) is 5.11 Å². The zero-order valence-electron chi connectivity index (χ0n) is 11.1. The Balaban J connectivity index is 1.42. The lowest BCUT2D eigenvalue weighted by Gasteiger charge is -2.22. The molecule has 0 spiro atoms. The number of hydrogen-bond acceptors (Lipinski definition) is 1. The molecule has 1 nitrogen and oxygen atoms in total. The first-order chi connectivity index (χ1) is 8.83. The van der Waals surface area contributed by atoms with Crippen LogP contribution in [0, 0.1) is 17.8 Å². The Labute approximate surface area is 110 Å². The summed E-state index contributed by atoms with van der Waals surface area (Å²) in [4.78, 5) is 0. The van der Waals surface area contributed by atoms with E-state index >= 15 is 0 Å². The van der Waals surface area contributed by atoms with Crippen molar-refractivity contribution in [3.05, 3.63) is 35.9 Å². The molecule has 4 unspecified atom stereocenters. The third-order valence-electron chi connectivity index (χ3n) is 5.12. The van der Waals surface area contributed by atoms with Gasteiger partial charge in [0.15, 0.2) is 0 Å². The molecule has 1 aromatic carbocycles. The Morgan fingerprint density at radius 2 is 1.94 bits per heavy atom. The Morgan fingerprint density at radius 3 is 2.61 bits per heavy atom. The highest BCUT2D eigenvalue weighted by Crippen LogP contribution is 2.50. The maximum absolute atomic E-state index is 10.1. The van der Waals surface area contributed by atoms with E-state index in [4.69, 9.17) is 0 Å². The quantitative estimate of drug-likeness (QED) is 0.817. The highest BCUT2D eigenvalue weighted by Gasteiger charge is 2.38. The number of benzene rings is 1. The average molecular weight is 244 g/mol. The Kier molecular flexibility index (Phi) is 3.69. The van der Waals surface area contributed by atoms with Crippen molar-refractivity contribution in [1.29, 1.82) is 0 Å². The maximum atomic E-state index is 10.1. The van der Waals surface area contributed by atoms with Crippen molar-refractivity contribution in [3.8, 4) is 0 Å². The maximum Gasteiger partial charge on any atom is 0.0790 e. The summed E-state index contributed by atoms with van der Waals surface area (Å²) < 4.78 is 0. The fourth-order valence-corrected chi connectivity index (χ4v) is 4.15. The van der Waals surface area contributed by atoms with Crippen LogP contribution >= 0.6 is 0 Å². The van der Waals surface area contributed by atoms with E-state index in [0.717, 1.165) is 29.7 Å². The van der Waals surface area contributed by atoms with Gasteiger partial charge in [0.2, 0.25) is 0 Å². The lowest BCUT2D eigenvalue weighted by Crippen LogP contribution is -2.10. The van der Waals surface area contributed by atoms with E-state index in [0.29, 0.717) is 0 Å². The SMILES string of the molecule is OC(CCCC1CC2CCC1C2)c1ccccc1. The van der Waals surface area contributed by atoms with Gasteiger partial charge in [-0.3, -0.25) is 0 Å². The zero-order valence-corrected chi connectivity index (χ0v) is 11.1. The molecule has 2 bridgehead atoms. The molecule has 2 fully saturated rings. The first kappa shape index (κ1) is 12.2. The van der Waals surface area contributed by atoms with Crippen LogP contribution in [-0.2, 0) is 0 Å². The number of aliphatic hydroxyl groups excluding tert-OH is 1. The van der Waals surface area contributed by atoms with Gasteiger partial charge in [0.25, 0.3) is 0 Å². The van der Waals surface area contributed by atoms with Crippen molar-refractivity contribution in [1.82, 2.24) is 0 Å². The van der Waals surface area contributed by atoms with Gasteiger partial charge < -0.3 is 5.11 Å². The molecule has 1 aromatic rings. The topological polar surface area (TPSA) is 20.2 Å². The third-order valence-corrected chi connectivity index (χ3v) is 5.12. The molecule has 0 aliphatic heterocycles. The van der Waals surface area contributed by atoms with Crippen molar-refractivity contribution in [2.75, 3.05) is 0 Å². The second-order valence-corrected chi connectivity index (χ2v) is 6.29. The summed E-state index contributed by atoms with van der Waals surface area (Å²) in [7, 11) is 0. The molecule has 2 saturated carbocycles. The van der Waals surface area contributed by atoms with Crippen LogP contribution in [0.25, 0.3) is 0 Å². The molecule has 1 N–H and O–H groups in total. The predicted octanol–water partition coefficient (Wildman–Crippen LogP) is 4.33. The van der Waals surface area contributed by atoms with E-state index in [1.165, 1.54) is 38.5 Å². The van der Waals surface area contributed by atoms with E-state index in [2.05, 4.69) is 0 Å². The van der Waals surface area contributed by atoms with Crippen molar-refractivity contribution in [3.63, 3.8) is 0 Å². The number of hydrogen-bond donors (Lipinski definition) is 1. The summed E-state index contributed by atoms with van der Waals surface area (Å²) in [5.41, 5.74) is 1.07. The second kappa shape index (κ2) is 5.44. The minimum Gasteiger partial charge on any atom is -0.388 e. The number of aliphatic hydroxyl groups is 1. The molecule has 0 radical (unpaired) electrons. The van der Waals surface area contributed by atoms with Crippen LogP contribution in [0.1, 0.15) is 56.6 Å². The summed E-state index contributed by atoms with van der Waals surface area (Å²) in [6, 6.07) is 10.1. The highest BCUT2D eigenvalue weighted by atomic mass is 16.3. The van der Waals surface area contributed by atoms with Crippen LogP contribution in [0.5, 0.6) is 0 Å². The highest BCUT2D eigenvalue weighted by molar-refractivity contribution is 5.17. The largest absolute Gasteiger partial charge is 0.388 e. The monoisotopic (exact) mass is 244 g/mol. The van der Waals surface area contributed by atoms with E-state index in [9.17, 15) is 5.11 Å². The van der Waals surface area contributed by atoms with E-state index < -0.39 is 0 Å². The van der Waals surface area contributed by atoms with Gasteiger partial charge in [-0.2, -0.15) is 0 Å². The van der Waals surface area contributed by atoms with Gasteiger partial charge in [0, 0.05) is 0 Å². The fourth-order valence-electron chi connectivity index (χ4n) is 4.15. The minimum absolute atomic E-state index is 0.259. The molecule has 0 saturated heterocycles. The standard InChI is InChI=1S/C17H24O/c18-17(14-5-2-1-3-6-14)8-4-7-15-11-13-9-10-16(15)12-13/h1-3,5-6,13,15-18H,4,7-12H2. The lowest BCUT2D eigenvalue weighted by molar-refractivity contribution is 0.158. The summed E-state index contributed by atoms with van der Waals surface area (Å²) in [5, 5.41) is 10.1. The van der Waals surface area contributed by atoms with Crippen LogP contribution in [0.4, 0.5) is 0 Å². The van der Waals surface area contributed by atoms with Gasteiger partial charge in [-0.1, -0.05) is 49.6 Å². The second-order valence-electron chi connectivity index (χ2n) is 6.29. The molecule has 0 aromatic heterocycles. The van der Waals surface area contributed by atoms with Crippen molar-refractivity contribution in [2.24, 2.45) is 17.8 Å². The van der Waals surface area contributed by atoms with E-state index in [-0.39, 0.29) is 6.10 Å². The normalized spacial score (nSPS) is 31.7. The van der Waals surface area contributed by atoms with Crippen LogP contribution < -0.4 is 0 Å². The van der Waals surface area contributed by atoms with Gasteiger partial charge in [0.1, 0.15) is 0 Å². The van der Waals surface area contributed by atoms with Gasteiger partial charge in [0.05, 0.1) is 6.10 Å². The molecule has 98 valence electrons. The molecule has 2 aliphatic carbocycles. The third kappa shape index (κ3) is 2.61. The molecule has 0 amide bonds. The molecule has 4 atom stereocenters. The zero-order chi connectivity index (χ0) is 12.4. The Hall–Kier alpha value is -0.820. The molecular formula is C17H24O. The van der Waals surface area contributed by atoms with Crippen LogP contribution in [0.15, 0.2) is 30.3 Å². The van der Waals surface area contributed by atoms with Crippen LogP contribution in [0.3, 0.4) is 0 Å². The average Bonchev–Trinajstić information content (AvgIpc) is 3.02. The molecule has 3 rings (SSSR count). The molecule has 1 heteroatoms. The number of fused-ring (bicyclic) bond motifs is 2. The van der Waals surface area contributed by atoms with E-state index in [1.807, 2.05) is 30.3 Å². The van der Waals surface area contributed by atoms with Crippen molar-refractivity contribution >= 4 is 0 Å². The lowest BCUT2D eigenvalue weighted by atomic mass is 9.85. The summed E-state index contributed by atoms with van der Waals surface area (Å²) in [5.74, 6) is 3.06. The summed E-state index contributed by atoms with van der Waals surface area (Å²) >= 11 is 0. The molecule has 18 heavy (non-hydrogen) atoms. The smallest absolute Gasteiger partial charge is 0.0790 e. The van der Waals surface area contributed by atoms with Gasteiger partial charge in [-0.25, -0.2) is 0 Å². The fraction of sp³-hybridized carbons (Fsp3) is 0.647. The summed E-state index contributed by atoms with van der Waals surface area (Å²) in [6.45, 7) is 0. The molecular weight excluding hydrogens is 220 g/mol. The Bertz CT molecular complexity index is 372. The van der Waals surface area contributed by atoms with Crippen molar-refractivity contribution < 1.29 is 5.11 Å².